The molecule has 1 aliphatic heterocycles. The average molecular weight is 311 g/mol. The highest BCUT2D eigenvalue weighted by atomic mass is 16.6. The van der Waals surface area contributed by atoms with Gasteiger partial charge in [0.2, 0.25) is 0 Å². The second kappa shape index (κ2) is 6.31. The van der Waals surface area contributed by atoms with Crippen LogP contribution in [0, 0.1) is 0 Å². The quantitative estimate of drug-likeness (QED) is 0.696. The zero-order valence-electron chi connectivity index (χ0n) is 12.1. The lowest BCUT2D eigenvalue weighted by molar-refractivity contribution is -0.137. The van der Waals surface area contributed by atoms with Crippen molar-refractivity contribution in [2.45, 2.75) is 13.0 Å². The van der Waals surface area contributed by atoms with Crippen molar-refractivity contribution < 1.29 is 23.9 Å². The van der Waals surface area contributed by atoms with Crippen LogP contribution in [-0.4, -0.2) is 18.0 Å². The van der Waals surface area contributed by atoms with Gasteiger partial charge in [-0.3, -0.25) is 10.1 Å². The van der Waals surface area contributed by atoms with Crippen molar-refractivity contribution in [2.75, 3.05) is 5.32 Å². The maximum absolute atomic E-state index is 11.9. The molecule has 116 valence electrons. The predicted octanol–water partition coefficient (Wildman–Crippen LogP) is 2.67. The molecule has 0 aromatic heterocycles. The zero-order chi connectivity index (χ0) is 16.2. The van der Waals surface area contributed by atoms with Crippen LogP contribution in [0.15, 0.2) is 48.5 Å². The Morgan fingerprint density at radius 3 is 2.65 bits per heavy atom. The molecule has 23 heavy (non-hydrogen) atoms. The number of ether oxygens (including phenoxy) is 2. The number of cyclic esters (lactones) is 2. The number of amides is 1. The van der Waals surface area contributed by atoms with Crippen molar-refractivity contribution >= 4 is 23.7 Å². The molecule has 0 spiro atoms. The van der Waals surface area contributed by atoms with Crippen LogP contribution in [0.1, 0.15) is 21.5 Å². The van der Waals surface area contributed by atoms with Gasteiger partial charge in [-0.25, -0.2) is 9.59 Å². The maximum atomic E-state index is 11.9. The topological polar surface area (TPSA) is 81.7 Å². The molecule has 1 amide bonds. The lowest BCUT2D eigenvalue weighted by Crippen LogP contribution is -2.25. The number of carbonyl (C=O) groups is 3. The summed E-state index contributed by atoms with van der Waals surface area (Å²) >= 11 is 0. The van der Waals surface area contributed by atoms with Crippen LogP contribution in [0.3, 0.4) is 0 Å². The van der Waals surface area contributed by atoms with E-state index in [0.29, 0.717) is 11.3 Å². The summed E-state index contributed by atoms with van der Waals surface area (Å²) < 4.78 is 9.68. The number of hydrogen-bond donors (Lipinski definition) is 1. The molecule has 1 aliphatic rings. The van der Waals surface area contributed by atoms with Crippen molar-refractivity contribution in [1.29, 1.82) is 0 Å². The standard InChI is InChI=1S/C17H13NO5/c19-15-9-13-12(16(20)23-15)7-4-8-14(13)18-17(21)22-10-11-5-2-1-3-6-11/h1-8H,9-10H2,(H,18,21). The van der Waals surface area contributed by atoms with E-state index in [0.717, 1.165) is 5.56 Å². The summed E-state index contributed by atoms with van der Waals surface area (Å²) in [6.45, 7) is 0.128. The van der Waals surface area contributed by atoms with Crippen molar-refractivity contribution in [2.24, 2.45) is 0 Å². The maximum Gasteiger partial charge on any atom is 0.411 e. The molecule has 0 saturated carbocycles. The van der Waals surface area contributed by atoms with E-state index in [1.165, 1.54) is 0 Å². The van der Waals surface area contributed by atoms with Gasteiger partial charge >= 0.3 is 18.0 Å². The van der Waals surface area contributed by atoms with Gasteiger partial charge in [-0.1, -0.05) is 36.4 Å². The summed E-state index contributed by atoms with van der Waals surface area (Å²) in [6, 6.07) is 14.0. The number of nitrogens with one attached hydrogen (secondary N) is 1. The molecular formula is C17H13NO5. The fourth-order valence-corrected chi connectivity index (χ4v) is 2.29. The van der Waals surface area contributed by atoms with Gasteiger partial charge < -0.3 is 9.47 Å². The molecule has 0 fully saturated rings. The number of carbonyl (C=O) groups excluding carboxylic acids is 3. The molecule has 2 aromatic rings. The van der Waals surface area contributed by atoms with Crippen LogP contribution in [0.2, 0.25) is 0 Å². The van der Waals surface area contributed by atoms with Gasteiger partial charge in [-0.15, -0.1) is 0 Å². The van der Waals surface area contributed by atoms with Crippen LogP contribution in [-0.2, 0) is 27.3 Å². The highest BCUT2D eigenvalue weighted by Gasteiger charge is 2.27. The molecule has 3 rings (SSSR count). The zero-order valence-corrected chi connectivity index (χ0v) is 12.1. The molecule has 0 atom stereocenters. The van der Waals surface area contributed by atoms with Crippen LogP contribution in [0.5, 0.6) is 0 Å². The van der Waals surface area contributed by atoms with Gasteiger partial charge in [0.05, 0.1) is 12.0 Å². The monoisotopic (exact) mass is 311 g/mol. The van der Waals surface area contributed by atoms with Crippen molar-refractivity contribution in [3.8, 4) is 0 Å². The number of esters is 2. The Morgan fingerprint density at radius 2 is 1.87 bits per heavy atom. The smallest absolute Gasteiger partial charge is 0.411 e. The average Bonchev–Trinajstić information content (AvgIpc) is 2.55. The number of anilines is 1. The molecule has 6 heteroatoms. The normalized spacial score (nSPS) is 13.0. The first-order chi connectivity index (χ1) is 11.1. The molecule has 0 aliphatic carbocycles. The lowest BCUT2D eigenvalue weighted by atomic mass is 10.0. The SMILES string of the molecule is O=C1Cc2c(NC(=O)OCc3ccccc3)cccc2C(=O)O1. The Morgan fingerprint density at radius 1 is 1.09 bits per heavy atom. The van der Waals surface area contributed by atoms with E-state index in [1.807, 2.05) is 30.3 Å². The molecule has 6 nitrogen and oxygen atoms in total. The number of rotatable bonds is 3. The fourth-order valence-electron chi connectivity index (χ4n) is 2.29. The van der Waals surface area contributed by atoms with E-state index in [4.69, 9.17) is 4.74 Å². The summed E-state index contributed by atoms with van der Waals surface area (Å²) in [5.41, 5.74) is 1.93. The number of hydrogen-bond acceptors (Lipinski definition) is 5. The van der Waals surface area contributed by atoms with Gasteiger partial charge in [0, 0.05) is 11.3 Å². The van der Waals surface area contributed by atoms with Crippen molar-refractivity contribution in [3.63, 3.8) is 0 Å². The lowest BCUT2D eigenvalue weighted by Gasteiger charge is -2.17. The first kappa shape index (κ1) is 14.8. The van der Waals surface area contributed by atoms with E-state index in [-0.39, 0.29) is 18.6 Å². The van der Waals surface area contributed by atoms with Crippen LogP contribution in [0.4, 0.5) is 10.5 Å². The van der Waals surface area contributed by atoms with Crippen LogP contribution in [0.25, 0.3) is 0 Å². The summed E-state index contributed by atoms with van der Waals surface area (Å²) in [7, 11) is 0. The number of benzene rings is 2. The molecule has 0 radical (unpaired) electrons. The highest BCUT2D eigenvalue weighted by Crippen LogP contribution is 2.25. The van der Waals surface area contributed by atoms with Gasteiger partial charge in [0.1, 0.15) is 6.61 Å². The third kappa shape index (κ3) is 3.37. The molecule has 2 aromatic carbocycles. The van der Waals surface area contributed by atoms with Gasteiger partial charge in [0.15, 0.2) is 0 Å². The second-order valence-corrected chi connectivity index (χ2v) is 4.96. The minimum Gasteiger partial charge on any atom is -0.444 e. The molecule has 0 unspecified atom stereocenters. The van der Waals surface area contributed by atoms with E-state index < -0.39 is 18.0 Å². The highest BCUT2D eigenvalue weighted by molar-refractivity contribution is 6.04. The van der Waals surface area contributed by atoms with E-state index in [9.17, 15) is 14.4 Å². The summed E-state index contributed by atoms with van der Waals surface area (Å²) in [4.78, 5) is 35.0. The largest absolute Gasteiger partial charge is 0.444 e. The first-order valence-electron chi connectivity index (χ1n) is 6.98. The van der Waals surface area contributed by atoms with Gasteiger partial charge in [0.25, 0.3) is 0 Å². The molecule has 0 saturated heterocycles. The Hall–Kier alpha value is -3.15. The summed E-state index contributed by atoms with van der Waals surface area (Å²) in [5, 5.41) is 2.56. The van der Waals surface area contributed by atoms with Crippen molar-refractivity contribution in [3.05, 3.63) is 65.2 Å². The second-order valence-electron chi connectivity index (χ2n) is 4.96. The number of fused-ring (bicyclic) bond motifs is 1. The van der Waals surface area contributed by atoms with Crippen molar-refractivity contribution in [1.82, 2.24) is 0 Å². The Bertz CT molecular complexity index is 770. The summed E-state index contributed by atoms with van der Waals surface area (Å²) in [6.07, 6.45) is -0.732. The van der Waals surface area contributed by atoms with Crippen LogP contribution >= 0.6 is 0 Å². The van der Waals surface area contributed by atoms with Crippen LogP contribution < -0.4 is 5.32 Å². The Kier molecular flexibility index (Phi) is 4.05. The van der Waals surface area contributed by atoms with E-state index >= 15 is 0 Å². The van der Waals surface area contributed by atoms with E-state index in [2.05, 4.69) is 10.1 Å². The molecule has 1 N–H and O–H groups in total. The summed E-state index contributed by atoms with van der Waals surface area (Å²) in [5.74, 6) is -1.35. The van der Waals surface area contributed by atoms with Gasteiger partial charge in [-0.05, 0) is 17.7 Å². The minimum absolute atomic E-state index is 0.0732. The molecule has 1 heterocycles. The molecular weight excluding hydrogens is 298 g/mol. The Labute approximate surface area is 132 Å². The molecule has 0 bridgehead atoms. The Balaban J connectivity index is 1.71. The third-order valence-corrected chi connectivity index (χ3v) is 3.37. The minimum atomic E-state index is -0.711. The predicted molar refractivity (Wildman–Crippen MR) is 80.8 cm³/mol. The first-order valence-corrected chi connectivity index (χ1v) is 6.98. The van der Waals surface area contributed by atoms with Gasteiger partial charge in [-0.2, -0.15) is 0 Å². The van der Waals surface area contributed by atoms with E-state index in [1.54, 1.807) is 18.2 Å². The fraction of sp³-hybridized carbons (Fsp3) is 0.118. The third-order valence-electron chi connectivity index (χ3n) is 3.37.